The minimum Gasteiger partial charge on any atom is -0.366 e. The molecule has 2 N–H and O–H groups in total. The molecular formula is C8H8BrNO. The van der Waals surface area contributed by atoms with Gasteiger partial charge in [-0.25, -0.2) is 0 Å². The first-order valence-corrected chi connectivity index (χ1v) is 3.97. The van der Waals surface area contributed by atoms with E-state index in [1.165, 1.54) is 0 Å². The van der Waals surface area contributed by atoms with E-state index < -0.39 is 5.91 Å². The van der Waals surface area contributed by atoms with Crippen molar-refractivity contribution in [1.29, 1.82) is 0 Å². The number of amides is 1. The van der Waals surface area contributed by atoms with Crippen LogP contribution < -0.4 is 5.73 Å². The fourth-order valence-corrected chi connectivity index (χ4v) is 1.60. The maximum Gasteiger partial charge on any atom is 0.250 e. The van der Waals surface area contributed by atoms with Crippen LogP contribution >= 0.6 is 15.9 Å². The van der Waals surface area contributed by atoms with E-state index in [1.807, 2.05) is 19.1 Å². The van der Waals surface area contributed by atoms with Crippen molar-refractivity contribution in [2.24, 2.45) is 5.73 Å². The molecule has 0 aliphatic rings. The number of primary amides is 1. The van der Waals surface area contributed by atoms with Crippen LogP contribution in [0.2, 0.25) is 0 Å². The predicted octanol–water partition coefficient (Wildman–Crippen LogP) is 1.86. The van der Waals surface area contributed by atoms with Crippen LogP contribution in [0.25, 0.3) is 0 Å². The van der Waals surface area contributed by atoms with Crippen molar-refractivity contribution in [2.45, 2.75) is 6.92 Å². The number of aryl methyl sites for hydroxylation is 1. The van der Waals surface area contributed by atoms with Gasteiger partial charge in [0.2, 0.25) is 5.91 Å². The van der Waals surface area contributed by atoms with Gasteiger partial charge in [0.15, 0.2) is 0 Å². The summed E-state index contributed by atoms with van der Waals surface area (Å²) in [5.74, 6) is -0.394. The highest BCUT2D eigenvalue weighted by molar-refractivity contribution is 9.10. The van der Waals surface area contributed by atoms with Crippen molar-refractivity contribution in [3.63, 3.8) is 0 Å². The Labute approximate surface area is 73.5 Å². The summed E-state index contributed by atoms with van der Waals surface area (Å²) in [6.45, 7) is 1.85. The molecule has 0 heterocycles. The third kappa shape index (κ3) is 1.60. The average Bonchev–Trinajstić information content (AvgIpc) is 1.85. The molecule has 0 radical (unpaired) electrons. The zero-order valence-electron chi connectivity index (χ0n) is 6.10. The quantitative estimate of drug-likeness (QED) is 0.761. The first kappa shape index (κ1) is 8.27. The molecule has 0 aromatic heterocycles. The number of carbonyl (C=O) groups excluding carboxylic acids is 1. The van der Waals surface area contributed by atoms with Crippen LogP contribution in [0.3, 0.4) is 0 Å². The Hall–Kier alpha value is -0.830. The molecule has 58 valence electrons. The Kier molecular flexibility index (Phi) is 2.29. The Bertz CT molecular complexity index is 276. The number of hydrogen-bond donors (Lipinski definition) is 1. The van der Waals surface area contributed by atoms with Crippen molar-refractivity contribution < 1.29 is 4.79 Å². The molecule has 1 rings (SSSR count). The standard InChI is InChI=1S/C8H8BrNO/c1-5-3-2-4-6(9)7(5)8(10)11/h2-4H,1H3,(H2,10,11). The van der Waals surface area contributed by atoms with Crippen LogP contribution in [0.4, 0.5) is 0 Å². The molecular weight excluding hydrogens is 206 g/mol. The Morgan fingerprint density at radius 2 is 2.18 bits per heavy atom. The van der Waals surface area contributed by atoms with Gasteiger partial charge in [-0.05, 0) is 34.5 Å². The Balaban J connectivity index is 3.32. The van der Waals surface area contributed by atoms with Gasteiger partial charge in [0.05, 0.1) is 5.56 Å². The molecule has 3 heteroatoms. The molecule has 0 unspecified atom stereocenters. The van der Waals surface area contributed by atoms with E-state index in [9.17, 15) is 4.79 Å². The molecule has 11 heavy (non-hydrogen) atoms. The van der Waals surface area contributed by atoms with Crippen molar-refractivity contribution in [2.75, 3.05) is 0 Å². The molecule has 0 aliphatic carbocycles. The topological polar surface area (TPSA) is 43.1 Å². The fraction of sp³-hybridized carbons (Fsp3) is 0.125. The van der Waals surface area contributed by atoms with Gasteiger partial charge in [-0.1, -0.05) is 12.1 Å². The number of rotatable bonds is 1. The Morgan fingerprint density at radius 3 is 2.55 bits per heavy atom. The van der Waals surface area contributed by atoms with Crippen LogP contribution in [0.1, 0.15) is 15.9 Å². The summed E-state index contributed by atoms with van der Waals surface area (Å²) < 4.78 is 0.755. The molecule has 0 bridgehead atoms. The molecule has 0 aliphatic heterocycles. The number of halogens is 1. The zero-order valence-corrected chi connectivity index (χ0v) is 7.68. The van der Waals surface area contributed by atoms with Gasteiger partial charge in [-0.3, -0.25) is 4.79 Å². The normalized spacial score (nSPS) is 9.64. The first-order valence-electron chi connectivity index (χ1n) is 3.18. The number of benzene rings is 1. The molecule has 0 atom stereocenters. The van der Waals surface area contributed by atoms with E-state index in [1.54, 1.807) is 6.07 Å². The van der Waals surface area contributed by atoms with E-state index in [0.717, 1.165) is 10.0 Å². The molecule has 0 saturated heterocycles. The highest BCUT2D eigenvalue weighted by Gasteiger charge is 2.07. The van der Waals surface area contributed by atoms with Crippen molar-refractivity contribution in [3.8, 4) is 0 Å². The van der Waals surface area contributed by atoms with Gasteiger partial charge < -0.3 is 5.73 Å². The highest BCUT2D eigenvalue weighted by Crippen LogP contribution is 2.18. The summed E-state index contributed by atoms with van der Waals surface area (Å²) in [5.41, 5.74) is 6.60. The second-order valence-corrected chi connectivity index (χ2v) is 3.15. The largest absolute Gasteiger partial charge is 0.366 e. The third-order valence-electron chi connectivity index (χ3n) is 1.47. The van der Waals surface area contributed by atoms with Crippen molar-refractivity contribution >= 4 is 21.8 Å². The second kappa shape index (κ2) is 3.05. The molecule has 0 spiro atoms. The lowest BCUT2D eigenvalue weighted by atomic mass is 10.1. The highest BCUT2D eigenvalue weighted by atomic mass is 79.9. The molecule has 1 aromatic carbocycles. The van der Waals surface area contributed by atoms with E-state index in [-0.39, 0.29) is 0 Å². The fourth-order valence-electron chi connectivity index (χ4n) is 0.944. The lowest BCUT2D eigenvalue weighted by Crippen LogP contribution is -2.13. The zero-order chi connectivity index (χ0) is 8.43. The van der Waals surface area contributed by atoms with Crippen LogP contribution in [0.5, 0.6) is 0 Å². The monoisotopic (exact) mass is 213 g/mol. The maximum atomic E-state index is 10.8. The Morgan fingerprint density at radius 1 is 1.55 bits per heavy atom. The van der Waals surface area contributed by atoms with E-state index in [4.69, 9.17) is 5.73 Å². The average molecular weight is 214 g/mol. The van der Waals surface area contributed by atoms with Gasteiger partial charge in [0, 0.05) is 4.47 Å². The predicted molar refractivity (Wildman–Crippen MR) is 47.4 cm³/mol. The molecule has 1 amide bonds. The van der Waals surface area contributed by atoms with Gasteiger partial charge in [0.1, 0.15) is 0 Å². The third-order valence-corrected chi connectivity index (χ3v) is 2.13. The summed E-state index contributed by atoms with van der Waals surface area (Å²) in [5, 5.41) is 0. The van der Waals surface area contributed by atoms with Gasteiger partial charge in [-0.15, -0.1) is 0 Å². The van der Waals surface area contributed by atoms with Crippen LogP contribution in [-0.2, 0) is 0 Å². The first-order chi connectivity index (χ1) is 5.13. The van der Waals surface area contributed by atoms with E-state index >= 15 is 0 Å². The molecule has 0 saturated carbocycles. The maximum absolute atomic E-state index is 10.8. The molecule has 1 aromatic rings. The minimum absolute atomic E-state index is 0.394. The number of hydrogen-bond acceptors (Lipinski definition) is 1. The second-order valence-electron chi connectivity index (χ2n) is 2.30. The molecule has 2 nitrogen and oxygen atoms in total. The van der Waals surface area contributed by atoms with Crippen LogP contribution in [0, 0.1) is 6.92 Å². The summed E-state index contributed by atoms with van der Waals surface area (Å²) in [7, 11) is 0. The SMILES string of the molecule is Cc1cccc(Br)c1C(N)=O. The summed E-state index contributed by atoms with van der Waals surface area (Å²) >= 11 is 3.25. The lowest BCUT2D eigenvalue weighted by molar-refractivity contribution is 0.0999. The molecule has 0 fully saturated rings. The van der Waals surface area contributed by atoms with Gasteiger partial charge >= 0.3 is 0 Å². The van der Waals surface area contributed by atoms with E-state index in [2.05, 4.69) is 15.9 Å². The van der Waals surface area contributed by atoms with E-state index in [0.29, 0.717) is 5.56 Å². The van der Waals surface area contributed by atoms with Crippen LogP contribution in [-0.4, -0.2) is 5.91 Å². The smallest absolute Gasteiger partial charge is 0.250 e. The summed E-state index contributed by atoms with van der Waals surface area (Å²) in [6, 6.07) is 5.52. The van der Waals surface area contributed by atoms with Crippen molar-refractivity contribution in [1.82, 2.24) is 0 Å². The van der Waals surface area contributed by atoms with Gasteiger partial charge in [-0.2, -0.15) is 0 Å². The van der Waals surface area contributed by atoms with Gasteiger partial charge in [0.25, 0.3) is 0 Å². The summed E-state index contributed by atoms with van der Waals surface area (Å²) in [6.07, 6.45) is 0. The number of carbonyl (C=O) groups is 1. The van der Waals surface area contributed by atoms with Crippen LogP contribution in [0.15, 0.2) is 22.7 Å². The van der Waals surface area contributed by atoms with Crippen molar-refractivity contribution in [3.05, 3.63) is 33.8 Å². The minimum atomic E-state index is -0.394. The lowest BCUT2D eigenvalue weighted by Gasteiger charge is -2.02. The summed E-state index contributed by atoms with van der Waals surface area (Å²) in [4.78, 5) is 10.8. The number of nitrogens with two attached hydrogens (primary N) is 1.